The third kappa shape index (κ3) is 3.30. The number of hydrogen-bond acceptors (Lipinski definition) is 3. The van der Waals surface area contributed by atoms with E-state index in [1.807, 2.05) is 36.7 Å². The number of aromatic nitrogens is 2. The second-order valence-electron chi connectivity index (χ2n) is 4.35. The van der Waals surface area contributed by atoms with Gasteiger partial charge in [-0.25, -0.2) is 4.68 Å². The van der Waals surface area contributed by atoms with Crippen LogP contribution in [0.15, 0.2) is 43.2 Å². The van der Waals surface area contributed by atoms with Gasteiger partial charge >= 0.3 is 0 Å². The van der Waals surface area contributed by atoms with Gasteiger partial charge in [-0.2, -0.15) is 10.4 Å². The first-order chi connectivity index (χ1) is 9.22. The second-order valence-corrected chi connectivity index (χ2v) is 4.35. The van der Waals surface area contributed by atoms with E-state index >= 15 is 0 Å². The summed E-state index contributed by atoms with van der Waals surface area (Å²) in [5.41, 5.74) is 2.96. The Balaban J connectivity index is 1.94. The zero-order valence-electron chi connectivity index (χ0n) is 10.9. The lowest BCUT2D eigenvalue weighted by Gasteiger charge is -2.13. The molecule has 0 aliphatic carbocycles. The summed E-state index contributed by atoms with van der Waals surface area (Å²) < 4.78 is 1.68. The fourth-order valence-electron chi connectivity index (χ4n) is 1.80. The minimum Gasteiger partial charge on any atom is -0.306 e. The van der Waals surface area contributed by atoms with E-state index in [0.717, 1.165) is 17.7 Å². The highest BCUT2D eigenvalue weighted by Gasteiger charge is 2.05. The summed E-state index contributed by atoms with van der Waals surface area (Å²) >= 11 is 0. The van der Waals surface area contributed by atoms with E-state index in [1.54, 1.807) is 10.9 Å². The molecule has 1 N–H and O–H groups in total. The molecule has 4 nitrogen and oxygen atoms in total. The highest BCUT2D eigenvalue weighted by Crippen LogP contribution is 2.13. The molecular weight excluding hydrogens is 236 g/mol. The predicted molar refractivity (Wildman–Crippen MR) is 75.0 cm³/mol. The standard InChI is InChI=1S/C15H16N4/c1-3-19-11-14(10-18-19)9-17-12(2)15-6-4-13(8-16)5-7-15/h3-7,10-12,17H,1,9H2,2H3. The third-order valence-electron chi connectivity index (χ3n) is 2.99. The van der Waals surface area contributed by atoms with Gasteiger partial charge in [-0.1, -0.05) is 18.7 Å². The zero-order valence-corrected chi connectivity index (χ0v) is 10.9. The molecule has 0 aliphatic heterocycles. The average molecular weight is 252 g/mol. The van der Waals surface area contributed by atoms with Crippen molar-refractivity contribution >= 4 is 6.20 Å². The monoisotopic (exact) mass is 252 g/mol. The summed E-state index contributed by atoms with van der Waals surface area (Å²) in [5.74, 6) is 0. The molecule has 0 bridgehead atoms. The van der Waals surface area contributed by atoms with Crippen molar-refractivity contribution in [2.24, 2.45) is 0 Å². The van der Waals surface area contributed by atoms with Gasteiger partial charge < -0.3 is 5.32 Å². The maximum Gasteiger partial charge on any atom is 0.0991 e. The lowest BCUT2D eigenvalue weighted by Crippen LogP contribution is -2.17. The first-order valence-corrected chi connectivity index (χ1v) is 6.12. The SMILES string of the molecule is C=Cn1cc(CNC(C)c2ccc(C#N)cc2)cn1. The van der Waals surface area contributed by atoms with Gasteiger partial charge in [0.05, 0.1) is 17.8 Å². The van der Waals surface area contributed by atoms with Crippen molar-refractivity contribution in [3.63, 3.8) is 0 Å². The summed E-state index contributed by atoms with van der Waals surface area (Å²) in [6.07, 6.45) is 5.42. The normalized spacial score (nSPS) is 11.8. The van der Waals surface area contributed by atoms with Gasteiger partial charge in [0, 0.05) is 30.5 Å². The molecule has 0 saturated carbocycles. The smallest absolute Gasteiger partial charge is 0.0991 e. The number of hydrogen-bond donors (Lipinski definition) is 1. The fourth-order valence-corrected chi connectivity index (χ4v) is 1.80. The molecule has 0 spiro atoms. The summed E-state index contributed by atoms with van der Waals surface area (Å²) in [6.45, 7) is 6.50. The van der Waals surface area contributed by atoms with E-state index in [-0.39, 0.29) is 6.04 Å². The molecule has 2 aromatic rings. The Morgan fingerprint density at radius 1 is 1.47 bits per heavy atom. The fraction of sp³-hybridized carbons (Fsp3) is 0.200. The van der Waals surface area contributed by atoms with E-state index in [9.17, 15) is 0 Å². The molecule has 2 rings (SSSR count). The number of nitrogens with one attached hydrogen (secondary N) is 1. The van der Waals surface area contributed by atoms with Gasteiger partial charge in [0.2, 0.25) is 0 Å². The molecule has 19 heavy (non-hydrogen) atoms. The Hall–Kier alpha value is -2.38. The molecule has 0 fully saturated rings. The first kappa shape index (κ1) is 13.1. The van der Waals surface area contributed by atoms with Gasteiger partial charge in [0.25, 0.3) is 0 Å². The van der Waals surface area contributed by atoms with Crippen LogP contribution in [0.3, 0.4) is 0 Å². The first-order valence-electron chi connectivity index (χ1n) is 6.12. The van der Waals surface area contributed by atoms with E-state index in [1.165, 1.54) is 0 Å². The molecule has 0 amide bonds. The van der Waals surface area contributed by atoms with Crippen LogP contribution in [0.1, 0.15) is 29.7 Å². The Morgan fingerprint density at radius 2 is 2.21 bits per heavy atom. The number of benzene rings is 1. The van der Waals surface area contributed by atoms with Crippen LogP contribution in [-0.2, 0) is 6.54 Å². The van der Waals surface area contributed by atoms with Crippen LogP contribution in [-0.4, -0.2) is 9.78 Å². The van der Waals surface area contributed by atoms with Crippen molar-refractivity contribution in [3.8, 4) is 6.07 Å². The van der Waals surface area contributed by atoms with E-state index in [0.29, 0.717) is 5.56 Å². The minimum atomic E-state index is 0.222. The Morgan fingerprint density at radius 3 is 2.79 bits per heavy atom. The second kappa shape index (κ2) is 5.98. The molecule has 4 heteroatoms. The molecule has 1 heterocycles. The van der Waals surface area contributed by atoms with E-state index < -0.39 is 0 Å². The Labute approximate surface area is 113 Å². The van der Waals surface area contributed by atoms with Crippen LogP contribution >= 0.6 is 0 Å². The minimum absolute atomic E-state index is 0.222. The molecule has 1 unspecified atom stereocenters. The lowest BCUT2D eigenvalue weighted by atomic mass is 10.1. The molecule has 0 aliphatic rings. The predicted octanol–water partition coefficient (Wildman–Crippen LogP) is 2.71. The van der Waals surface area contributed by atoms with Crippen molar-refractivity contribution in [2.45, 2.75) is 19.5 Å². The van der Waals surface area contributed by atoms with Crippen LogP contribution in [0, 0.1) is 11.3 Å². The Bertz CT molecular complexity index is 589. The maximum absolute atomic E-state index is 8.76. The summed E-state index contributed by atoms with van der Waals surface area (Å²) in [5, 5.41) is 16.3. The van der Waals surface area contributed by atoms with Crippen LogP contribution < -0.4 is 5.32 Å². The molecule has 1 aromatic carbocycles. The van der Waals surface area contributed by atoms with E-state index in [2.05, 4.69) is 30.0 Å². The van der Waals surface area contributed by atoms with Crippen LogP contribution in [0.5, 0.6) is 0 Å². The van der Waals surface area contributed by atoms with Crippen molar-refractivity contribution in [3.05, 3.63) is 59.9 Å². The average Bonchev–Trinajstić information content (AvgIpc) is 2.93. The largest absolute Gasteiger partial charge is 0.306 e. The third-order valence-corrected chi connectivity index (χ3v) is 2.99. The Kier molecular flexibility index (Phi) is 4.11. The number of rotatable bonds is 5. The maximum atomic E-state index is 8.76. The lowest BCUT2D eigenvalue weighted by molar-refractivity contribution is 0.574. The number of nitrogens with zero attached hydrogens (tertiary/aromatic N) is 3. The molecule has 0 saturated heterocycles. The van der Waals surface area contributed by atoms with Crippen LogP contribution in [0.25, 0.3) is 6.20 Å². The molecule has 96 valence electrons. The van der Waals surface area contributed by atoms with Crippen molar-refractivity contribution in [2.75, 3.05) is 0 Å². The van der Waals surface area contributed by atoms with Gasteiger partial charge in [0.1, 0.15) is 0 Å². The van der Waals surface area contributed by atoms with Crippen molar-refractivity contribution in [1.29, 1.82) is 5.26 Å². The van der Waals surface area contributed by atoms with Crippen molar-refractivity contribution < 1.29 is 0 Å². The zero-order chi connectivity index (χ0) is 13.7. The quantitative estimate of drug-likeness (QED) is 0.890. The van der Waals surface area contributed by atoms with Gasteiger partial charge in [-0.05, 0) is 24.6 Å². The van der Waals surface area contributed by atoms with Gasteiger partial charge in [-0.15, -0.1) is 0 Å². The van der Waals surface area contributed by atoms with Gasteiger partial charge in [0.15, 0.2) is 0 Å². The highest BCUT2D eigenvalue weighted by atomic mass is 15.2. The molecular formula is C15H16N4. The summed E-state index contributed by atoms with van der Waals surface area (Å²) in [7, 11) is 0. The van der Waals surface area contributed by atoms with E-state index in [4.69, 9.17) is 5.26 Å². The highest BCUT2D eigenvalue weighted by molar-refractivity contribution is 5.32. The summed E-state index contributed by atoms with van der Waals surface area (Å²) in [6, 6.07) is 9.97. The van der Waals surface area contributed by atoms with Crippen LogP contribution in [0.4, 0.5) is 0 Å². The van der Waals surface area contributed by atoms with Gasteiger partial charge in [-0.3, -0.25) is 0 Å². The van der Waals surface area contributed by atoms with Crippen molar-refractivity contribution in [1.82, 2.24) is 15.1 Å². The molecule has 1 atom stereocenters. The summed E-state index contributed by atoms with van der Waals surface area (Å²) in [4.78, 5) is 0. The molecule has 1 aromatic heterocycles. The topological polar surface area (TPSA) is 53.6 Å². The molecule has 0 radical (unpaired) electrons. The number of nitriles is 1. The van der Waals surface area contributed by atoms with Crippen LogP contribution in [0.2, 0.25) is 0 Å².